The third-order valence-corrected chi connectivity index (χ3v) is 3.94. The summed E-state index contributed by atoms with van der Waals surface area (Å²) in [6.07, 6.45) is 13.3. The monoisotopic (exact) mass is 241 g/mol. The maximum absolute atomic E-state index is 6.23. The lowest BCUT2D eigenvalue weighted by atomic mass is 9.90. The first-order valence-corrected chi connectivity index (χ1v) is 7.68. The standard InChI is InChI=1S/C15H31NO/c1-2-3-4-5-6-7-8-11-15(16)14-10-9-12-17-13-14/h14-15H,2-13,16H2,1H3. The Hall–Kier alpha value is -0.0800. The fourth-order valence-corrected chi connectivity index (χ4v) is 2.68. The third-order valence-electron chi connectivity index (χ3n) is 3.94. The van der Waals surface area contributed by atoms with Crippen LogP contribution in [0, 0.1) is 5.92 Å². The van der Waals surface area contributed by atoms with Gasteiger partial charge in [-0.2, -0.15) is 0 Å². The molecule has 2 N–H and O–H groups in total. The van der Waals surface area contributed by atoms with Gasteiger partial charge in [-0.25, -0.2) is 0 Å². The van der Waals surface area contributed by atoms with Crippen molar-refractivity contribution in [2.24, 2.45) is 11.7 Å². The largest absolute Gasteiger partial charge is 0.381 e. The number of hydrogen-bond acceptors (Lipinski definition) is 2. The highest BCUT2D eigenvalue weighted by atomic mass is 16.5. The van der Waals surface area contributed by atoms with E-state index in [0.717, 1.165) is 13.2 Å². The van der Waals surface area contributed by atoms with Gasteiger partial charge in [0.15, 0.2) is 0 Å². The Balaban J connectivity index is 1.90. The van der Waals surface area contributed by atoms with Crippen molar-refractivity contribution in [1.29, 1.82) is 0 Å². The number of ether oxygens (including phenoxy) is 1. The zero-order valence-corrected chi connectivity index (χ0v) is 11.6. The van der Waals surface area contributed by atoms with E-state index in [1.165, 1.54) is 64.2 Å². The van der Waals surface area contributed by atoms with Crippen molar-refractivity contribution in [3.8, 4) is 0 Å². The minimum Gasteiger partial charge on any atom is -0.381 e. The van der Waals surface area contributed by atoms with Crippen LogP contribution in [-0.2, 0) is 4.74 Å². The summed E-state index contributed by atoms with van der Waals surface area (Å²) in [6, 6.07) is 0.381. The van der Waals surface area contributed by atoms with Gasteiger partial charge in [-0.15, -0.1) is 0 Å². The highest BCUT2D eigenvalue weighted by Crippen LogP contribution is 2.20. The van der Waals surface area contributed by atoms with Gasteiger partial charge in [0.25, 0.3) is 0 Å². The molecular formula is C15H31NO. The molecule has 2 nitrogen and oxygen atoms in total. The molecule has 0 radical (unpaired) electrons. The maximum atomic E-state index is 6.23. The van der Waals surface area contributed by atoms with E-state index in [1.54, 1.807) is 0 Å². The van der Waals surface area contributed by atoms with E-state index in [-0.39, 0.29) is 0 Å². The molecule has 0 bridgehead atoms. The second-order valence-corrected chi connectivity index (χ2v) is 5.55. The Labute approximate surface area is 107 Å². The van der Waals surface area contributed by atoms with Gasteiger partial charge in [0.1, 0.15) is 0 Å². The third kappa shape index (κ3) is 7.05. The predicted octanol–water partition coefficient (Wildman–Crippen LogP) is 3.88. The summed E-state index contributed by atoms with van der Waals surface area (Å²) in [6.45, 7) is 4.11. The molecule has 0 aromatic rings. The molecule has 1 saturated heterocycles. The van der Waals surface area contributed by atoms with Crippen LogP contribution in [0.1, 0.15) is 71.1 Å². The Bertz CT molecular complexity index is 166. The van der Waals surface area contributed by atoms with Crippen LogP contribution in [0.4, 0.5) is 0 Å². The fraction of sp³-hybridized carbons (Fsp3) is 1.00. The van der Waals surface area contributed by atoms with E-state index < -0.39 is 0 Å². The molecule has 0 aromatic carbocycles. The molecule has 2 atom stereocenters. The topological polar surface area (TPSA) is 35.2 Å². The summed E-state index contributed by atoms with van der Waals surface area (Å²) in [5, 5.41) is 0. The maximum Gasteiger partial charge on any atom is 0.0509 e. The summed E-state index contributed by atoms with van der Waals surface area (Å²) in [7, 11) is 0. The minimum atomic E-state index is 0.381. The SMILES string of the molecule is CCCCCCCCCC(N)C1CCCOC1. The molecule has 1 heterocycles. The molecule has 1 aliphatic heterocycles. The van der Waals surface area contributed by atoms with Crippen LogP contribution < -0.4 is 5.73 Å². The Kier molecular flexibility index (Phi) is 8.72. The second kappa shape index (κ2) is 9.90. The Morgan fingerprint density at radius 2 is 1.82 bits per heavy atom. The Morgan fingerprint density at radius 3 is 2.47 bits per heavy atom. The van der Waals surface area contributed by atoms with E-state index in [4.69, 9.17) is 10.5 Å². The minimum absolute atomic E-state index is 0.381. The molecule has 0 spiro atoms. The summed E-state index contributed by atoms with van der Waals surface area (Å²) in [5.41, 5.74) is 6.23. The van der Waals surface area contributed by atoms with Gasteiger partial charge in [0.2, 0.25) is 0 Å². The summed E-state index contributed by atoms with van der Waals surface area (Å²) >= 11 is 0. The number of hydrogen-bond donors (Lipinski definition) is 1. The van der Waals surface area contributed by atoms with Crippen LogP contribution in [0.25, 0.3) is 0 Å². The van der Waals surface area contributed by atoms with Gasteiger partial charge in [-0.1, -0.05) is 51.9 Å². The van der Waals surface area contributed by atoms with Crippen LogP contribution in [0.2, 0.25) is 0 Å². The average molecular weight is 241 g/mol. The van der Waals surface area contributed by atoms with Crippen molar-refractivity contribution < 1.29 is 4.74 Å². The number of unbranched alkanes of at least 4 members (excludes halogenated alkanes) is 6. The lowest BCUT2D eigenvalue weighted by Crippen LogP contribution is -2.35. The number of nitrogens with two attached hydrogens (primary N) is 1. The molecule has 0 aromatic heterocycles. The van der Waals surface area contributed by atoms with Crippen molar-refractivity contribution >= 4 is 0 Å². The molecule has 1 fully saturated rings. The van der Waals surface area contributed by atoms with Gasteiger partial charge in [-0.05, 0) is 25.2 Å². The molecule has 0 saturated carbocycles. The highest BCUT2D eigenvalue weighted by molar-refractivity contribution is 4.75. The zero-order chi connectivity index (χ0) is 12.3. The van der Waals surface area contributed by atoms with Crippen molar-refractivity contribution in [2.45, 2.75) is 77.2 Å². The normalized spacial score (nSPS) is 22.6. The first-order valence-electron chi connectivity index (χ1n) is 7.68. The molecule has 0 amide bonds. The fourth-order valence-electron chi connectivity index (χ4n) is 2.68. The van der Waals surface area contributed by atoms with Crippen molar-refractivity contribution in [3.63, 3.8) is 0 Å². The van der Waals surface area contributed by atoms with E-state index >= 15 is 0 Å². The van der Waals surface area contributed by atoms with Crippen molar-refractivity contribution in [1.82, 2.24) is 0 Å². The van der Waals surface area contributed by atoms with Gasteiger partial charge in [0.05, 0.1) is 6.61 Å². The van der Waals surface area contributed by atoms with Crippen LogP contribution >= 0.6 is 0 Å². The van der Waals surface area contributed by atoms with Crippen LogP contribution in [-0.4, -0.2) is 19.3 Å². The molecule has 1 rings (SSSR count). The first-order chi connectivity index (χ1) is 8.34. The van der Waals surface area contributed by atoms with Crippen LogP contribution in [0.5, 0.6) is 0 Å². The zero-order valence-electron chi connectivity index (χ0n) is 11.6. The van der Waals surface area contributed by atoms with Crippen LogP contribution in [0.3, 0.4) is 0 Å². The summed E-state index contributed by atoms with van der Waals surface area (Å²) in [5.74, 6) is 0.629. The predicted molar refractivity (Wildman–Crippen MR) is 74.1 cm³/mol. The lowest BCUT2D eigenvalue weighted by Gasteiger charge is -2.27. The number of rotatable bonds is 9. The smallest absolute Gasteiger partial charge is 0.0509 e. The molecule has 2 heteroatoms. The van der Waals surface area contributed by atoms with Crippen molar-refractivity contribution in [2.75, 3.05) is 13.2 Å². The lowest BCUT2D eigenvalue weighted by molar-refractivity contribution is 0.0435. The van der Waals surface area contributed by atoms with E-state index in [0.29, 0.717) is 12.0 Å². The van der Waals surface area contributed by atoms with Gasteiger partial charge in [0, 0.05) is 12.6 Å². The van der Waals surface area contributed by atoms with Gasteiger partial charge < -0.3 is 10.5 Å². The molecule has 102 valence electrons. The van der Waals surface area contributed by atoms with Gasteiger partial charge in [-0.3, -0.25) is 0 Å². The first kappa shape index (κ1) is 15.0. The van der Waals surface area contributed by atoms with Gasteiger partial charge >= 0.3 is 0 Å². The van der Waals surface area contributed by atoms with Crippen molar-refractivity contribution in [3.05, 3.63) is 0 Å². The molecule has 1 aliphatic rings. The van der Waals surface area contributed by atoms with E-state index in [1.807, 2.05) is 0 Å². The molecule has 17 heavy (non-hydrogen) atoms. The van der Waals surface area contributed by atoms with E-state index in [2.05, 4.69) is 6.92 Å². The Morgan fingerprint density at radius 1 is 1.12 bits per heavy atom. The van der Waals surface area contributed by atoms with Crippen LogP contribution in [0.15, 0.2) is 0 Å². The molecule has 0 aliphatic carbocycles. The molecular weight excluding hydrogens is 210 g/mol. The van der Waals surface area contributed by atoms with E-state index in [9.17, 15) is 0 Å². The summed E-state index contributed by atoms with van der Waals surface area (Å²) in [4.78, 5) is 0. The highest BCUT2D eigenvalue weighted by Gasteiger charge is 2.20. The summed E-state index contributed by atoms with van der Waals surface area (Å²) < 4.78 is 5.49. The average Bonchev–Trinajstić information content (AvgIpc) is 2.38. The molecule has 2 unspecified atom stereocenters. The second-order valence-electron chi connectivity index (χ2n) is 5.55. The quantitative estimate of drug-likeness (QED) is 0.622.